The molecule has 1 saturated carbocycles. The second-order valence-corrected chi connectivity index (χ2v) is 4.59. The van der Waals surface area contributed by atoms with Crippen molar-refractivity contribution >= 4 is 5.97 Å². The van der Waals surface area contributed by atoms with Crippen molar-refractivity contribution in [3.63, 3.8) is 0 Å². The zero-order chi connectivity index (χ0) is 13.4. The first-order valence-corrected chi connectivity index (χ1v) is 6.12. The summed E-state index contributed by atoms with van der Waals surface area (Å²) in [5.74, 6) is -1.22. The van der Waals surface area contributed by atoms with E-state index >= 15 is 0 Å². The van der Waals surface area contributed by atoms with Gasteiger partial charge in [-0.05, 0) is 25.0 Å². The van der Waals surface area contributed by atoms with Gasteiger partial charge in [-0.3, -0.25) is 0 Å². The van der Waals surface area contributed by atoms with Gasteiger partial charge in [-0.25, -0.2) is 18.9 Å². The van der Waals surface area contributed by atoms with Gasteiger partial charge in [-0.15, -0.1) is 5.10 Å². The highest BCUT2D eigenvalue weighted by Gasteiger charge is 2.28. The topological polar surface area (TPSA) is 68.0 Å². The lowest BCUT2D eigenvalue weighted by molar-refractivity contribution is 0.0683. The number of carbonyl (C=O) groups is 1. The number of hydrogen-bond donors (Lipinski definition) is 1. The summed E-state index contributed by atoms with van der Waals surface area (Å²) in [7, 11) is 0. The van der Waals surface area contributed by atoms with Crippen molar-refractivity contribution in [3.8, 4) is 5.69 Å². The highest BCUT2D eigenvalue weighted by Crippen LogP contribution is 2.36. The third kappa shape index (κ3) is 1.99. The molecule has 6 heteroatoms. The van der Waals surface area contributed by atoms with Gasteiger partial charge >= 0.3 is 5.97 Å². The van der Waals surface area contributed by atoms with E-state index in [0.29, 0.717) is 5.82 Å². The first-order chi connectivity index (χ1) is 9.16. The number of aromatic carboxylic acids is 1. The van der Waals surface area contributed by atoms with Crippen LogP contribution in [0.1, 0.15) is 41.6 Å². The Hall–Kier alpha value is -2.24. The molecule has 1 heterocycles. The van der Waals surface area contributed by atoms with Crippen LogP contribution < -0.4 is 0 Å². The lowest BCUT2D eigenvalue weighted by atomic mass is 9.85. The van der Waals surface area contributed by atoms with Crippen LogP contribution in [-0.4, -0.2) is 25.8 Å². The van der Waals surface area contributed by atoms with Crippen LogP contribution in [0, 0.1) is 5.82 Å². The summed E-state index contributed by atoms with van der Waals surface area (Å²) in [6.45, 7) is 0. The van der Waals surface area contributed by atoms with E-state index < -0.39 is 11.8 Å². The van der Waals surface area contributed by atoms with E-state index in [2.05, 4.69) is 10.1 Å². The van der Waals surface area contributed by atoms with Gasteiger partial charge in [-0.2, -0.15) is 0 Å². The Balaban J connectivity index is 2.13. The minimum absolute atomic E-state index is 0.167. The molecule has 0 amide bonds. The van der Waals surface area contributed by atoms with Crippen molar-refractivity contribution < 1.29 is 14.3 Å². The van der Waals surface area contributed by atoms with E-state index in [1.807, 2.05) is 0 Å². The Morgan fingerprint density at radius 2 is 2.11 bits per heavy atom. The summed E-state index contributed by atoms with van der Waals surface area (Å²) in [6, 6.07) is 6.15. The van der Waals surface area contributed by atoms with Gasteiger partial charge in [0.15, 0.2) is 0 Å². The number of para-hydroxylation sites is 1. The van der Waals surface area contributed by atoms with Crippen LogP contribution >= 0.6 is 0 Å². The van der Waals surface area contributed by atoms with Crippen LogP contribution in [0.15, 0.2) is 24.3 Å². The van der Waals surface area contributed by atoms with Gasteiger partial charge in [0.25, 0.3) is 5.82 Å². The number of aromatic nitrogens is 3. The van der Waals surface area contributed by atoms with E-state index in [1.165, 1.54) is 10.7 Å². The molecule has 19 heavy (non-hydrogen) atoms. The average Bonchev–Trinajstić information content (AvgIpc) is 2.72. The predicted octanol–water partition coefficient (Wildman–Crippen LogP) is 2.37. The van der Waals surface area contributed by atoms with Crippen molar-refractivity contribution in [2.75, 3.05) is 0 Å². The smallest absolute Gasteiger partial charge is 0.375 e. The summed E-state index contributed by atoms with van der Waals surface area (Å²) >= 11 is 0. The van der Waals surface area contributed by atoms with Crippen molar-refractivity contribution in [3.05, 3.63) is 41.7 Å². The number of benzene rings is 1. The second kappa shape index (κ2) is 4.46. The van der Waals surface area contributed by atoms with E-state index in [1.54, 1.807) is 18.2 Å². The molecule has 98 valence electrons. The molecule has 1 aromatic heterocycles. The summed E-state index contributed by atoms with van der Waals surface area (Å²) in [5.41, 5.74) is 0.240. The SMILES string of the molecule is O=C(O)c1nc(C2CCC2)n(-c2ccccc2F)n1. The highest BCUT2D eigenvalue weighted by molar-refractivity contribution is 5.83. The fourth-order valence-electron chi connectivity index (χ4n) is 2.15. The monoisotopic (exact) mass is 261 g/mol. The first kappa shape index (κ1) is 11.8. The summed E-state index contributed by atoms with van der Waals surface area (Å²) < 4.78 is 15.1. The third-order valence-electron chi connectivity index (χ3n) is 3.37. The molecule has 1 aromatic carbocycles. The molecule has 1 fully saturated rings. The second-order valence-electron chi connectivity index (χ2n) is 4.59. The normalized spacial score (nSPS) is 15.2. The summed E-state index contributed by atoms with van der Waals surface area (Å²) in [6.07, 6.45) is 2.95. The van der Waals surface area contributed by atoms with Crippen LogP contribution in [0.3, 0.4) is 0 Å². The molecule has 1 aliphatic carbocycles. The van der Waals surface area contributed by atoms with Crippen molar-refractivity contribution in [2.45, 2.75) is 25.2 Å². The number of halogens is 1. The predicted molar refractivity (Wildman–Crippen MR) is 64.9 cm³/mol. The molecule has 0 bridgehead atoms. The molecule has 0 spiro atoms. The Kier molecular flexibility index (Phi) is 2.77. The van der Waals surface area contributed by atoms with Crippen molar-refractivity contribution in [1.82, 2.24) is 14.8 Å². The Labute approximate surface area is 108 Å². The molecule has 0 saturated heterocycles. The number of carboxylic acids is 1. The molecule has 1 N–H and O–H groups in total. The average molecular weight is 261 g/mol. The first-order valence-electron chi connectivity index (χ1n) is 6.12. The van der Waals surface area contributed by atoms with Crippen LogP contribution in [0.5, 0.6) is 0 Å². The van der Waals surface area contributed by atoms with Crippen LogP contribution in [0.2, 0.25) is 0 Å². The molecule has 2 aromatic rings. The third-order valence-corrected chi connectivity index (χ3v) is 3.37. The van der Waals surface area contributed by atoms with Crippen LogP contribution in [0.4, 0.5) is 4.39 Å². The molecule has 0 aliphatic heterocycles. The minimum Gasteiger partial charge on any atom is -0.475 e. The maximum Gasteiger partial charge on any atom is 0.375 e. The van der Waals surface area contributed by atoms with Gasteiger partial charge in [0, 0.05) is 5.92 Å². The summed E-state index contributed by atoms with van der Waals surface area (Å²) in [4.78, 5) is 15.0. The van der Waals surface area contributed by atoms with Crippen molar-refractivity contribution in [1.29, 1.82) is 0 Å². The zero-order valence-electron chi connectivity index (χ0n) is 10.1. The van der Waals surface area contributed by atoms with E-state index in [4.69, 9.17) is 5.11 Å². The van der Waals surface area contributed by atoms with E-state index in [-0.39, 0.29) is 17.4 Å². The van der Waals surface area contributed by atoms with Crippen LogP contribution in [-0.2, 0) is 0 Å². The van der Waals surface area contributed by atoms with E-state index in [0.717, 1.165) is 19.3 Å². The maximum absolute atomic E-state index is 13.8. The van der Waals surface area contributed by atoms with Gasteiger partial charge in [0.05, 0.1) is 0 Å². The van der Waals surface area contributed by atoms with Gasteiger partial charge in [0.1, 0.15) is 17.3 Å². The number of rotatable bonds is 3. The fraction of sp³-hybridized carbons (Fsp3) is 0.308. The summed E-state index contributed by atoms with van der Waals surface area (Å²) in [5, 5.41) is 12.9. The highest BCUT2D eigenvalue weighted by atomic mass is 19.1. The largest absolute Gasteiger partial charge is 0.475 e. The van der Waals surface area contributed by atoms with E-state index in [9.17, 15) is 9.18 Å². The Morgan fingerprint density at radius 1 is 1.37 bits per heavy atom. The van der Waals surface area contributed by atoms with Gasteiger partial charge in [-0.1, -0.05) is 18.6 Å². The molecule has 3 rings (SSSR count). The Bertz CT molecular complexity index is 635. The molecule has 5 nitrogen and oxygen atoms in total. The maximum atomic E-state index is 13.8. The molecular formula is C13H12FN3O2. The molecular weight excluding hydrogens is 249 g/mol. The zero-order valence-corrected chi connectivity index (χ0v) is 10.1. The number of carboxylic acid groups (broad SMARTS) is 1. The quantitative estimate of drug-likeness (QED) is 0.921. The molecule has 0 radical (unpaired) electrons. The molecule has 0 atom stereocenters. The number of hydrogen-bond acceptors (Lipinski definition) is 3. The minimum atomic E-state index is -1.20. The van der Waals surface area contributed by atoms with Gasteiger partial charge in [0.2, 0.25) is 0 Å². The Morgan fingerprint density at radius 3 is 2.68 bits per heavy atom. The lowest BCUT2D eigenvalue weighted by Crippen LogP contribution is -2.16. The number of nitrogens with zero attached hydrogens (tertiary/aromatic N) is 3. The molecule has 0 unspecified atom stereocenters. The molecule has 1 aliphatic rings. The lowest BCUT2D eigenvalue weighted by Gasteiger charge is -2.24. The fourth-order valence-corrected chi connectivity index (χ4v) is 2.15. The van der Waals surface area contributed by atoms with Crippen LogP contribution in [0.25, 0.3) is 5.69 Å². The standard InChI is InChI=1S/C13H12FN3O2/c14-9-6-1-2-7-10(9)17-12(8-4-3-5-8)15-11(16-17)13(18)19/h1-2,6-8H,3-5H2,(H,18,19). The van der Waals surface area contributed by atoms with Crippen molar-refractivity contribution in [2.24, 2.45) is 0 Å². The van der Waals surface area contributed by atoms with Gasteiger partial charge < -0.3 is 5.11 Å².